The Kier molecular flexibility index (Phi) is 4.91. The van der Waals surface area contributed by atoms with Gasteiger partial charge in [0.25, 0.3) is 0 Å². The number of pyridine rings is 1. The summed E-state index contributed by atoms with van der Waals surface area (Å²) >= 11 is 0. The highest BCUT2D eigenvalue weighted by molar-refractivity contribution is 7.91. The zero-order valence-corrected chi connectivity index (χ0v) is 14.9. The lowest BCUT2D eigenvalue weighted by atomic mass is 10.1. The number of sulfone groups is 1. The highest BCUT2D eigenvalue weighted by atomic mass is 32.2. The molecule has 26 heavy (non-hydrogen) atoms. The molecule has 2 heterocycles. The molecule has 7 nitrogen and oxygen atoms in total. The number of rotatable bonds is 4. The van der Waals surface area contributed by atoms with E-state index in [4.69, 9.17) is 10.00 Å². The summed E-state index contributed by atoms with van der Waals surface area (Å²) in [6, 6.07) is 10.3. The van der Waals surface area contributed by atoms with Gasteiger partial charge < -0.3 is 10.1 Å². The Bertz CT molecular complexity index is 996. The van der Waals surface area contributed by atoms with E-state index in [2.05, 4.69) is 10.3 Å². The highest BCUT2D eigenvalue weighted by Gasteiger charge is 2.33. The summed E-state index contributed by atoms with van der Waals surface area (Å²) in [5, 5.41) is 11.9. The molecule has 0 aliphatic carbocycles. The fraction of sp³-hybridized carbons (Fsp3) is 0.278. The molecule has 3 rings (SSSR count). The van der Waals surface area contributed by atoms with Crippen LogP contribution in [0.2, 0.25) is 0 Å². The van der Waals surface area contributed by atoms with Gasteiger partial charge in [-0.1, -0.05) is 0 Å². The third kappa shape index (κ3) is 4.00. The van der Waals surface area contributed by atoms with E-state index in [0.717, 1.165) is 5.56 Å². The molecule has 1 atom stereocenters. The minimum absolute atomic E-state index is 0.0577. The van der Waals surface area contributed by atoms with Crippen LogP contribution in [0.1, 0.15) is 17.5 Å². The molecule has 0 bridgehead atoms. The Hall–Kier alpha value is -2.92. The van der Waals surface area contributed by atoms with Gasteiger partial charge in [-0.05, 0) is 49.2 Å². The van der Waals surface area contributed by atoms with Gasteiger partial charge in [0.2, 0.25) is 11.8 Å². The number of nitrogens with zero attached hydrogens (tertiary/aromatic N) is 2. The third-order valence-electron chi connectivity index (χ3n) is 4.17. The molecule has 0 spiro atoms. The van der Waals surface area contributed by atoms with Crippen molar-refractivity contribution in [2.45, 2.75) is 13.3 Å². The van der Waals surface area contributed by atoms with Crippen LogP contribution in [0.15, 0.2) is 36.5 Å². The summed E-state index contributed by atoms with van der Waals surface area (Å²) in [7, 11) is -3.10. The van der Waals surface area contributed by atoms with E-state index in [1.54, 1.807) is 37.3 Å². The van der Waals surface area contributed by atoms with Gasteiger partial charge in [-0.2, -0.15) is 5.26 Å². The van der Waals surface area contributed by atoms with Crippen molar-refractivity contribution in [1.29, 1.82) is 5.26 Å². The zero-order chi connectivity index (χ0) is 18.7. The van der Waals surface area contributed by atoms with Crippen molar-refractivity contribution in [2.24, 2.45) is 5.92 Å². The summed E-state index contributed by atoms with van der Waals surface area (Å²) in [6.45, 7) is 1.80. The Balaban J connectivity index is 1.72. The van der Waals surface area contributed by atoms with Gasteiger partial charge in [0.1, 0.15) is 17.4 Å². The second-order valence-corrected chi connectivity index (χ2v) is 8.36. The van der Waals surface area contributed by atoms with Crippen LogP contribution < -0.4 is 10.1 Å². The molecular formula is C18H17N3O4S. The molecule has 1 aromatic carbocycles. The molecule has 1 unspecified atom stereocenters. The standard InChI is InChI=1S/C18H17N3O4S/c1-12-9-15(25-18-13(10-19)3-2-7-20-18)4-5-16(12)21-17(22)14-6-8-26(23,24)11-14/h2-5,7,9,14H,6,8,11H2,1H3,(H,21,22). The number of hydrogen-bond acceptors (Lipinski definition) is 6. The van der Waals surface area contributed by atoms with E-state index in [0.29, 0.717) is 23.4 Å². The number of benzene rings is 1. The van der Waals surface area contributed by atoms with Crippen LogP contribution in [0.5, 0.6) is 11.6 Å². The number of ether oxygens (including phenoxy) is 1. The molecule has 1 aliphatic heterocycles. The minimum Gasteiger partial charge on any atom is -0.438 e. The molecule has 8 heteroatoms. The first-order valence-electron chi connectivity index (χ1n) is 8.03. The fourth-order valence-corrected chi connectivity index (χ4v) is 4.49. The lowest BCUT2D eigenvalue weighted by Crippen LogP contribution is -2.24. The maximum absolute atomic E-state index is 12.3. The first-order chi connectivity index (χ1) is 12.4. The predicted octanol–water partition coefficient (Wildman–Crippen LogP) is 2.43. The van der Waals surface area contributed by atoms with E-state index < -0.39 is 15.8 Å². The second kappa shape index (κ2) is 7.14. The van der Waals surface area contributed by atoms with Gasteiger partial charge >= 0.3 is 0 Å². The first kappa shape index (κ1) is 17.9. The lowest BCUT2D eigenvalue weighted by molar-refractivity contribution is -0.119. The fourth-order valence-electron chi connectivity index (χ4n) is 2.75. The summed E-state index contributed by atoms with van der Waals surface area (Å²) in [4.78, 5) is 16.3. The zero-order valence-electron chi connectivity index (χ0n) is 14.1. The molecule has 0 saturated carbocycles. The molecule has 0 radical (unpaired) electrons. The minimum atomic E-state index is -3.10. The molecule has 1 fully saturated rings. The number of nitriles is 1. The van der Waals surface area contributed by atoms with Gasteiger partial charge in [-0.25, -0.2) is 13.4 Å². The van der Waals surface area contributed by atoms with Crippen LogP contribution in [0.3, 0.4) is 0 Å². The summed E-state index contributed by atoms with van der Waals surface area (Å²) in [5.74, 6) is -0.152. The van der Waals surface area contributed by atoms with Crippen LogP contribution in [0.4, 0.5) is 5.69 Å². The highest BCUT2D eigenvalue weighted by Crippen LogP contribution is 2.28. The summed E-state index contributed by atoms with van der Waals surface area (Å²) < 4.78 is 28.7. The number of hydrogen-bond donors (Lipinski definition) is 1. The van der Waals surface area contributed by atoms with Crippen molar-refractivity contribution >= 4 is 21.4 Å². The average Bonchev–Trinajstić information content (AvgIpc) is 2.98. The Labute approximate surface area is 151 Å². The SMILES string of the molecule is Cc1cc(Oc2ncccc2C#N)ccc1NC(=O)C1CCS(=O)(=O)C1. The summed E-state index contributed by atoms with van der Waals surface area (Å²) in [5.41, 5.74) is 1.67. The normalized spacial score (nSPS) is 18.1. The number of aromatic nitrogens is 1. The molecule has 1 aromatic heterocycles. The van der Waals surface area contributed by atoms with Crippen LogP contribution in [-0.2, 0) is 14.6 Å². The van der Waals surface area contributed by atoms with E-state index in [-0.39, 0.29) is 23.3 Å². The Morgan fingerprint density at radius 1 is 1.38 bits per heavy atom. The smallest absolute Gasteiger partial charge is 0.237 e. The quantitative estimate of drug-likeness (QED) is 0.884. The van der Waals surface area contributed by atoms with Crippen LogP contribution in [0.25, 0.3) is 0 Å². The number of amides is 1. The first-order valence-corrected chi connectivity index (χ1v) is 9.85. The van der Waals surface area contributed by atoms with Crippen molar-refractivity contribution in [3.05, 3.63) is 47.7 Å². The van der Waals surface area contributed by atoms with Crippen molar-refractivity contribution in [2.75, 3.05) is 16.8 Å². The largest absolute Gasteiger partial charge is 0.438 e. The van der Waals surface area contributed by atoms with Gasteiger partial charge in [0.05, 0.1) is 17.4 Å². The Morgan fingerprint density at radius 2 is 2.19 bits per heavy atom. The number of carbonyl (C=O) groups excluding carboxylic acids is 1. The van der Waals surface area contributed by atoms with Gasteiger partial charge in [-0.3, -0.25) is 4.79 Å². The average molecular weight is 371 g/mol. The van der Waals surface area contributed by atoms with Crippen LogP contribution in [-0.4, -0.2) is 30.8 Å². The van der Waals surface area contributed by atoms with Crippen molar-refractivity contribution in [3.8, 4) is 17.7 Å². The molecule has 1 N–H and O–H groups in total. The maximum atomic E-state index is 12.3. The molecular weight excluding hydrogens is 354 g/mol. The Morgan fingerprint density at radius 3 is 2.85 bits per heavy atom. The van der Waals surface area contributed by atoms with E-state index in [1.807, 2.05) is 6.07 Å². The van der Waals surface area contributed by atoms with Crippen molar-refractivity contribution in [1.82, 2.24) is 4.98 Å². The van der Waals surface area contributed by atoms with Crippen LogP contribution in [0, 0.1) is 24.2 Å². The number of aryl methyl sites for hydroxylation is 1. The lowest BCUT2D eigenvalue weighted by Gasteiger charge is -2.13. The van der Waals surface area contributed by atoms with Crippen LogP contribution >= 0.6 is 0 Å². The van der Waals surface area contributed by atoms with E-state index in [1.165, 1.54) is 6.20 Å². The van der Waals surface area contributed by atoms with Gasteiger partial charge in [-0.15, -0.1) is 0 Å². The van der Waals surface area contributed by atoms with Gasteiger partial charge in [0.15, 0.2) is 9.84 Å². The van der Waals surface area contributed by atoms with E-state index >= 15 is 0 Å². The topological polar surface area (TPSA) is 109 Å². The molecule has 1 amide bonds. The maximum Gasteiger partial charge on any atom is 0.237 e. The second-order valence-electron chi connectivity index (χ2n) is 6.14. The van der Waals surface area contributed by atoms with Crippen molar-refractivity contribution in [3.63, 3.8) is 0 Å². The molecule has 1 saturated heterocycles. The number of anilines is 1. The van der Waals surface area contributed by atoms with E-state index in [9.17, 15) is 13.2 Å². The third-order valence-corrected chi connectivity index (χ3v) is 5.93. The summed E-state index contributed by atoms with van der Waals surface area (Å²) in [6.07, 6.45) is 1.89. The molecule has 134 valence electrons. The number of carbonyl (C=O) groups is 1. The predicted molar refractivity (Wildman–Crippen MR) is 95.6 cm³/mol. The molecule has 1 aliphatic rings. The number of nitrogens with one attached hydrogen (secondary N) is 1. The van der Waals surface area contributed by atoms with Crippen molar-refractivity contribution < 1.29 is 17.9 Å². The monoisotopic (exact) mass is 371 g/mol. The van der Waals surface area contributed by atoms with Gasteiger partial charge in [0, 0.05) is 11.9 Å². The molecule has 2 aromatic rings.